The maximum atomic E-state index is 13.5. The third kappa shape index (κ3) is 7.31. The summed E-state index contributed by atoms with van der Waals surface area (Å²) >= 11 is 0. The maximum absolute atomic E-state index is 13.5. The van der Waals surface area contributed by atoms with Crippen LogP contribution in [0.25, 0.3) is 0 Å². The van der Waals surface area contributed by atoms with Gasteiger partial charge in [0.1, 0.15) is 12.4 Å². The Kier molecular flexibility index (Phi) is 8.50. The van der Waals surface area contributed by atoms with E-state index < -0.39 is 0 Å². The van der Waals surface area contributed by atoms with Gasteiger partial charge in [-0.15, -0.1) is 0 Å². The van der Waals surface area contributed by atoms with Gasteiger partial charge in [0.25, 0.3) is 0 Å². The molecule has 0 unspecified atom stereocenters. The van der Waals surface area contributed by atoms with Crippen molar-refractivity contribution in [2.45, 2.75) is 40.2 Å². The Bertz CT molecular complexity index is 904. The lowest BCUT2D eigenvalue weighted by molar-refractivity contribution is -0.138. The largest absolute Gasteiger partial charge is 0.489 e. The summed E-state index contributed by atoms with van der Waals surface area (Å²) in [5.74, 6) is 1.62. The molecule has 35 heavy (non-hydrogen) atoms. The standard InChI is InChI=1S/C28H41N3O4/c1-28(2,3)21-29-18-24-7-4-5-9-25(24)35-14-6-8-23-19-31(27(33)20-29)11-10-22(23)17-26(32)30-12-15-34-16-13-30/h4-9,22-23H,10-21H2,1-3H3/t22-,23-/m0/s1. The molecule has 192 valence electrons. The van der Waals surface area contributed by atoms with Crippen LogP contribution in [-0.4, -0.2) is 85.6 Å². The summed E-state index contributed by atoms with van der Waals surface area (Å²) in [6.45, 7) is 12.9. The lowest BCUT2D eigenvalue weighted by Crippen LogP contribution is -2.49. The smallest absolute Gasteiger partial charge is 0.236 e. The first-order valence-corrected chi connectivity index (χ1v) is 13.0. The first-order valence-electron chi connectivity index (χ1n) is 13.0. The highest BCUT2D eigenvalue weighted by molar-refractivity contribution is 5.79. The van der Waals surface area contributed by atoms with E-state index in [1.165, 1.54) is 0 Å². The predicted octanol–water partition coefficient (Wildman–Crippen LogP) is 3.20. The molecule has 0 radical (unpaired) electrons. The van der Waals surface area contributed by atoms with Gasteiger partial charge in [0.2, 0.25) is 11.8 Å². The molecule has 3 aliphatic rings. The van der Waals surface area contributed by atoms with Crippen LogP contribution < -0.4 is 4.74 Å². The predicted molar refractivity (Wildman–Crippen MR) is 136 cm³/mol. The highest BCUT2D eigenvalue weighted by atomic mass is 16.5. The summed E-state index contributed by atoms with van der Waals surface area (Å²) < 4.78 is 11.6. The Morgan fingerprint density at radius 3 is 2.63 bits per heavy atom. The van der Waals surface area contributed by atoms with Gasteiger partial charge >= 0.3 is 0 Å². The van der Waals surface area contributed by atoms with Gasteiger partial charge < -0.3 is 19.3 Å². The van der Waals surface area contributed by atoms with E-state index in [0.29, 0.717) is 65.5 Å². The second-order valence-electron chi connectivity index (χ2n) is 11.3. The molecule has 0 aliphatic carbocycles. The number of carbonyl (C=O) groups is 2. The minimum absolute atomic E-state index is 0.0704. The van der Waals surface area contributed by atoms with Gasteiger partial charge in [-0.3, -0.25) is 14.5 Å². The lowest BCUT2D eigenvalue weighted by Gasteiger charge is -2.39. The summed E-state index contributed by atoms with van der Waals surface area (Å²) in [5, 5.41) is 0. The van der Waals surface area contributed by atoms with E-state index in [2.05, 4.69) is 43.9 Å². The molecule has 1 aromatic carbocycles. The van der Waals surface area contributed by atoms with Crippen molar-refractivity contribution in [3.8, 4) is 5.75 Å². The van der Waals surface area contributed by atoms with Gasteiger partial charge in [0, 0.05) is 51.3 Å². The Labute approximate surface area is 210 Å². The van der Waals surface area contributed by atoms with Crippen molar-refractivity contribution in [2.75, 3.05) is 59.1 Å². The quantitative estimate of drug-likeness (QED) is 0.618. The molecule has 2 fully saturated rings. The number of rotatable bonds is 3. The maximum Gasteiger partial charge on any atom is 0.236 e. The molecule has 0 spiro atoms. The van der Waals surface area contributed by atoms with Gasteiger partial charge in [0.05, 0.1) is 19.8 Å². The van der Waals surface area contributed by atoms with Gasteiger partial charge in [0.15, 0.2) is 0 Å². The van der Waals surface area contributed by atoms with E-state index in [-0.39, 0.29) is 29.1 Å². The summed E-state index contributed by atoms with van der Waals surface area (Å²) in [7, 11) is 0. The van der Waals surface area contributed by atoms with Crippen LogP contribution in [0.2, 0.25) is 0 Å². The number of benzene rings is 1. The summed E-state index contributed by atoms with van der Waals surface area (Å²) in [4.78, 5) is 32.6. The molecule has 0 saturated carbocycles. The number of hydrogen-bond donors (Lipinski definition) is 0. The van der Waals surface area contributed by atoms with Crippen LogP contribution >= 0.6 is 0 Å². The van der Waals surface area contributed by atoms with Crippen LogP contribution in [0.3, 0.4) is 0 Å². The molecule has 0 aromatic heterocycles. The third-order valence-electron chi connectivity index (χ3n) is 7.10. The van der Waals surface area contributed by atoms with E-state index >= 15 is 0 Å². The van der Waals surface area contributed by atoms with Crippen molar-refractivity contribution in [3.63, 3.8) is 0 Å². The first kappa shape index (κ1) is 25.7. The summed E-state index contributed by atoms with van der Waals surface area (Å²) in [6.07, 6.45) is 5.60. The number of ether oxygens (including phenoxy) is 2. The van der Waals surface area contributed by atoms with Crippen molar-refractivity contribution >= 4 is 11.8 Å². The fourth-order valence-corrected chi connectivity index (χ4v) is 5.41. The van der Waals surface area contributed by atoms with Crippen molar-refractivity contribution in [1.29, 1.82) is 0 Å². The van der Waals surface area contributed by atoms with Crippen LogP contribution in [0.5, 0.6) is 5.75 Å². The van der Waals surface area contributed by atoms with Crippen LogP contribution in [0.1, 0.15) is 39.2 Å². The third-order valence-corrected chi connectivity index (χ3v) is 7.10. The van der Waals surface area contributed by atoms with E-state index in [4.69, 9.17) is 9.47 Å². The number of para-hydroxylation sites is 1. The fourth-order valence-electron chi connectivity index (χ4n) is 5.41. The zero-order valence-corrected chi connectivity index (χ0v) is 21.6. The number of amides is 2. The Hall–Kier alpha value is -2.38. The highest BCUT2D eigenvalue weighted by Gasteiger charge is 2.33. The van der Waals surface area contributed by atoms with Crippen molar-refractivity contribution < 1.29 is 19.1 Å². The molecule has 0 N–H and O–H groups in total. The highest BCUT2D eigenvalue weighted by Crippen LogP contribution is 2.30. The van der Waals surface area contributed by atoms with Crippen LogP contribution in [0.15, 0.2) is 36.4 Å². The topological polar surface area (TPSA) is 62.3 Å². The van der Waals surface area contributed by atoms with Gasteiger partial charge in [-0.25, -0.2) is 0 Å². The minimum Gasteiger partial charge on any atom is -0.489 e. The number of hydrogen-bond acceptors (Lipinski definition) is 5. The number of morpholine rings is 1. The normalized spacial score (nSPS) is 24.6. The Morgan fingerprint density at radius 1 is 1.09 bits per heavy atom. The van der Waals surface area contributed by atoms with E-state index in [9.17, 15) is 9.59 Å². The van der Waals surface area contributed by atoms with E-state index in [0.717, 1.165) is 24.3 Å². The molecular formula is C28H41N3O4. The minimum atomic E-state index is 0.0704. The van der Waals surface area contributed by atoms with Crippen molar-refractivity contribution in [1.82, 2.24) is 14.7 Å². The zero-order chi connectivity index (χ0) is 24.8. The van der Waals surface area contributed by atoms with Gasteiger partial charge in [-0.1, -0.05) is 51.1 Å². The molecule has 2 saturated heterocycles. The summed E-state index contributed by atoms with van der Waals surface area (Å²) in [5.41, 5.74) is 1.17. The van der Waals surface area contributed by atoms with Crippen LogP contribution in [-0.2, 0) is 20.9 Å². The van der Waals surface area contributed by atoms with Crippen LogP contribution in [0.4, 0.5) is 0 Å². The molecule has 1 aromatic rings. The van der Waals surface area contributed by atoms with Gasteiger partial charge in [-0.05, 0) is 29.7 Å². The van der Waals surface area contributed by atoms with Crippen molar-refractivity contribution in [3.05, 3.63) is 42.0 Å². The molecule has 2 atom stereocenters. The zero-order valence-electron chi connectivity index (χ0n) is 21.6. The van der Waals surface area contributed by atoms with Crippen LogP contribution in [0, 0.1) is 17.3 Å². The number of nitrogens with zero attached hydrogens (tertiary/aromatic N) is 3. The first-order chi connectivity index (χ1) is 16.8. The summed E-state index contributed by atoms with van der Waals surface area (Å²) in [6, 6.07) is 8.11. The molecule has 4 rings (SSSR count). The molecule has 3 aliphatic heterocycles. The Balaban J connectivity index is 1.52. The van der Waals surface area contributed by atoms with E-state index in [1.54, 1.807) is 0 Å². The molecule has 2 bridgehead atoms. The molecule has 7 heteroatoms. The molecule has 3 heterocycles. The fraction of sp³-hybridized carbons (Fsp3) is 0.643. The van der Waals surface area contributed by atoms with Crippen molar-refractivity contribution in [2.24, 2.45) is 17.3 Å². The average Bonchev–Trinajstić information content (AvgIpc) is 2.83. The molecule has 2 amide bonds. The van der Waals surface area contributed by atoms with Gasteiger partial charge in [-0.2, -0.15) is 0 Å². The Morgan fingerprint density at radius 2 is 1.86 bits per heavy atom. The average molecular weight is 484 g/mol. The SMILES string of the molecule is CC(C)(C)CN1CC(=O)N2CC[C@@H](CC(=O)N3CCOCC3)[C@@H](C=CCOc3ccccc3C1)C2. The van der Waals surface area contributed by atoms with E-state index in [1.807, 2.05) is 28.0 Å². The number of piperidine rings is 1. The molecule has 7 nitrogen and oxygen atoms in total. The molecular weight excluding hydrogens is 442 g/mol. The second-order valence-corrected chi connectivity index (χ2v) is 11.3. The monoisotopic (exact) mass is 483 g/mol. The lowest BCUT2D eigenvalue weighted by atomic mass is 9.82. The number of carbonyl (C=O) groups excluding carboxylic acids is 2. The second kappa shape index (κ2) is 11.6. The number of fused-ring (bicyclic) bond motifs is 3.